The van der Waals surface area contributed by atoms with E-state index in [9.17, 15) is 24.9 Å². The molecule has 0 fully saturated rings. The van der Waals surface area contributed by atoms with Crippen molar-refractivity contribution in [1.29, 1.82) is 0 Å². The number of aromatic hydroxyl groups is 2. The molecule has 0 saturated carbocycles. The molecule has 0 aromatic heterocycles. The van der Waals surface area contributed by atoms with Crippen LogP contribution in [0.2, 0.25) is 0 Å². The second kappa shape index (κ2) is 6.42. The van der Waals surface area contributed by atoms with E-state index in [2.05, 4.69) is 5.32 Å². The molecular weight excluding hydrogens is 280 g/mol. The summed E-state index contributed by atoms with van der Waals surface area (Å²) in [5.41, 5.74) is 4.06. The van der Waals surface area contributed by atoms with Gasteiger partial charge in [-0.05, 0) is 24.6 Å². The Morgan fingerprint density at radius 3 is 2.43 bits per heavy atom. The number of amides is 1. The van der Waals surface area contributed by atoms with Gasteiger partial charge in [-0.1, -0.05) is 6.07 Å². The van der Waals surface area contributed by atoms with E-state index in [1.54, 1.807) is 0 Å². The zero-order valence-electron chi connectivity index (χ0n) is 11.4. The van der Waals surface area contributed by atoms with Crippen LogP contribution in [0.15, 0.2) is 18.2 Å². The highest BCUT2D eigenvalue weighted by Gasteiger charge is 2.36. The van der Waals surface area contributed by atoms with Crippen LogP contribution in [0.1, 0.15) is 12.5 Å². The number of hydrogen-bond donors (Lipinski definition) is 6. The minimum Gasteiger partial charge on any atom is -0.504 e. The lowest BCUT2D eigenvalue weighted by Crippen LogP contribution is -2.58. The number of carboxylic acids is 1. The lowest BCUT2D eigenvalue weighted by atomic mass is 9.92. The van der Waals surface area contributed by atoms with Crippen LogP contribution in [0.5, 0.6) is 11.5 Å². The molecule has 1 aromatic rings. The van der Waals surface area contributed by atoms with Gasteiger partial charge in [0.1, 0.15) is 11.6 Å². The lowest BCUT2D eigenvalue weighted by Gasteiger charge is -2.27. The number of carbonyl (C=O) groups is 2. The van der Waals surface area contributed by atoms with Crippen LogP contribution in [0.4, 0.5) is 0 Å². The Balaban J connectivity index is 2.97. The van der Waals surface area contributed by atoms with Crippen LogP contribution in [0.25, 0.3) is 0 Å². The molecule has 1 rings (SSSR count). The molecule has 0 radical (unpaired) electrons. The zero-order chi connectivity index (χ0) is 16.2. The number of carboxylic acid groups (broad SMARTS) is 1. The van der Waals surface area contributed by atoms with E-state index in [0.29, 0.717) is 5.56 Å². The minimum absolute atomic E-state index is 0.139. The van der Waals surface area contributed by atoms with Gasteiger partial charge in [-0.2, -0.15) is 0 Å². The molecule has 21 heavy (non-hydrogen) atoms. The number of phenolic OH excluding ortho intramolecular Hbond substituents is 2. The van der Waals surface area contributed by atoms with Crippen molar-refractivity contribution in [3.8, 4) is 11.5 Å². The highest BCUT2D eigenvalue weighted by Crippen LogP contribution is 2.26. The molecule has 2 atom stereocenters. The Morgan fingerprint density at radius 2 is 1.95 bits per heavy atom. The molecule has 0 bridgehead atoms. The summed E-state index contributed by atoms with van der Waals surface area (Å²) in [4.78, 5) is 23.1. The number of benzene rings is 1. The van der Waals surface area contributed by atoms with Gasteiger partial charge in [0.05, 0.1) is 6.61 Å². The maximum Gasteiger partial charge on any atom is 0.329 e. The minimum atomic E-state index is -1.67. The highest BCUT2D eigenvalue weighted by molar-refractivity contribution is 5.89. The first-order valence-corrected chi connectivity index (χ1v) is 6.12. The summed E-state index contributed by atoms with van der Waals surface area (Å²) in [7, 11) is 0. The van der Waals surface area contributed by atoms with Gasteiger partial charge in [0.15, 0.2) is 11.5 Å². The molecule has 8 heteroatoms. The maximum absolute atomic E-state index is 11.7. The second-order valence-corrected chi connectivity index (χ2v) is 4.92. The van der Waals surface area contributed by atoms with Crippen LogP contribution < -0.4 is 11.1 Å². The molecule has 7 N–H and O–H groups in total. The Kier molecular flexibility index (Phi) is 5.12. The summed E-state index contributed by atoms with van der Waals surface area (Å²) < 4.78 is 0. The summed E-state index contributed by atoms with van der Waals surface area (Å²) in [5, 5.41) is 39.0. The summed E-state index contributed by atoms with van der Waals surface area (Å²) in [6.45, 7) is 0.669. The Morgan fingerprint density at radius 1 is 1.33 bits per heavy atom. The standard InChI is InChI=1S/C13H18N2O6/c1-13(12(20)21,15-11(19)8(14)6-16)5-7-2-3-9(17)10(18)4-7/h2-4,8,16-18H,5-6,14H2,1H3,(H,15,19)(H,20,21)/t8-,13-/m0/s1. The first kappa shape index (κ1) is 16.7. The number of aliphatic hydroxyl groups excluding tert-OH is 1. The normalized spacial score (nSPS) is 15.0. The Hall–Kier alpha value is -2.32. The molecule has 1 amide bonds. The van der Waals surface area contributed by atoms with Gasteiger partial charge in [-0.25, -0.2) is 4.79 Å². The summed E-state index contributed by atoms with van der Waals surface area (Å²) in [6.07, 6.45) is -0.139. The molecule has 0 heterocycles. The van der Waals surface area contributed by atoms with E-state index in [1.165, 1.54) is 25.1 Å². The molecule has 0 aliphatic heterocycles. The van der Waals surface area contributed by atoms with E-state index in [4.69, 9.17) is 10.8 Å². The largest absolute Gasteiger partial charge is 0.504 e. The highest BCUT2D eigenvalue weighted by atomic mass is 16.4. The predicted octanol–water partition coefficient (Wildman–Crippen LogP) is -1.08. The number of nitrogens with one attached hydrogen (secondary N) is 1. The molecule has 0 aliphatic rings. The summed E-state index contributed by atoms with van der Waals surface area (Å²) in [6, 6.07) is 2.62. The van der Waals surface area contributed by atoms with Gasteiger partial charge >= 0.3 is 5.97 Å². The van der Waals surface area contributed by atoms with E-state index >= 15 is 0 Å². The van der Waals surface area contributed by atoms with Crippen LogP contribution in [-0.4, -0.2) is 50.5 Å². The summed E-state index contributed by atoms with van der Waals surface area (Å²) >= 11 is 0. The van der Waals surface area contributed by atoms with Crippen molar-refractivity contribution in [2.45, 2.75) is 24.9 Å². The first-order valence-electron chi connectivity index (χ1n) is 6.12. The third-order valence-corrected chi connectivity index (χ3v) is 3.00. The van der Waals surface area contributed by atoms with E-state index < -0.39 is 35.8 Å². The fourth-order valence-corrected chi connectivity index (χ4v) is 1.71. The smallest absolute Gasteiger partial charge is 0.329 e. The van der Waals surface area contributed by atoms with Gasteiger partial charge in [0.25, 0.3) is 0 Å². The van der Waals surface area contributed by atoms with E-state index in [0.717, 1.165) is 0 Å². The third kappa shape index (κ3) is 4.07. The number of nitrogens with two attached hydrogens (primary N) is 1. The van der Waals surface area contributed by atoms with Crippen molar-refractivity contribution in [3.63, 3.8) is 0 Å². The molecule has 0 spiro atoms. The second-order valence-electron chi connectivity index (χ2n) is 4.92. The van der Waals surface area contributed by atoms with Gasteiger partial charge < -0.3 is 31.5 Å². The zero-order valence-corrected chi connectivity index (χ0v) is 11.4. The van der Waals surface area contributed by atoms with Crippen LogP contribution in [-0.2, 0) is 16.0 Å². The monoisotopic (exact) mass is 298 g/mol. The average molecular weight is 298 g/mol. The van der Waals surface area contributed by atoms with Gasteiger partial charge in [0.2, 0.25) is 5.91 Å². The maximum atomic E-state index is 11.7. The fourth-order valence-electron chi connectivity index (χ4n) is 1.71. The molecule has 0 saturated heterocycles. The van der Waals surface area contributed by atoms with Crippen molar-refractivity contribution in [2.75, 3.05) is 6.61 Å². The molecule has 1 aromatic carbocycles. The van der Waals surface area contributed by atoms with Gasteiger partial charge in [-0.15, -0.1) is 0 Å². The molecule has 0 aliphatic carbocycles. The summed E-state index contributed by atoms with van der Waals surface area (Å²) in [5.74, 6) is -2.82. The van der Waals surface area contributed by atoms with Crippen molar-refractivity contribution >= 4 is 11.9 Å². The SMILES string of the molecule is C[C@@](Cc1ccc(O)c(O)c1)(NC(=O)[C@@H](N)CO)C(=O)O. The van der Waals surface area contributed by atoms with Crippen molar-refractivity contribution in [2.24, 2.45) is 5.73 Å². The van der Waals surface area contributed by atoms with Crippen LogP contribution in [0.3, 0.4) is 0 Å². The number of aliphatic hydroxyl groups is 1. The first-order chi connectivity index (χ1) is 9.69. The number of aliphatic carboxylic acids is 1. The third-order valence-electron chi connectivity index (χ3n) is 3.00. The molecule has 116 valence electrons. The number of hydrogen-bond acceptors (Lipinski definition) is 6. The van der Waals surface area contributed by atoms with Crippen LogP contribution >= 0.6 is 0 Å². The van der Waals surface area contributed by atoms with E-state index in [1.807, 2.05) is 0 Å². The Labute approximate surface area is 120 Å². The Bertz CT molecular complexity index is 547. The van der Waals surface area contributed by atoms with Gasteiger partial charge in [0, 0.05) is 6.42 Å². The van der Waals surface area contributed by atoms with E-state index in [-0.39, 0.29) is 12.2 Å². The molecule has 8 nitrogen and oxygen atoms in total. The number of rotatable bonds is 6. The fraction of sp³-hybridized carbons (Fsp3) is 0.385. The van der Waals surface area contributed by atoms with Crippen molar-refractivity contribution in [1.82, 2.24) is 5.32 Å². The number of carbonyl (C=O) groups excluding carboxylic acids is 1. The number of phenols is 2. The van der Waals surface area contributed by atoms with Crippen molar-refractivity contribution < 1.29 is 30.0 Å². The quantitative estimate of drug-likeness (QED) is 0.365. The predicted molar refractivity (Wildman–Crippen MR) is 72.7 cm³/mol. The molecular formula is C13H18N2O6. The average Bonchev–Trinajstić information content (AvgIpc) is 2.41. The molecule has 0 unspecified atom stereocenters. The topological polar surface area (TPSA) is 153 Å². The lowest BCUT2D eigenvalue weighted by molar-refractivity contribution is -0.147. The van der Waals surface area contributed by atoms with Crippen LogP contribution in [0, 0.1) is 0 Å². The van der Waals surface area contributed by atoms with Gasteiger partial charge in [-0.3, -0.25) is 4.79 Å². The van der Waals surface area contributed by atoms with Crippen molar-refractivity contribution in [3.05, 3.63) is 23.8 Å².